The Morgan fingerprint density at radius 1 is 1.50 bits per heavy atom. The highest BCUT2D eigenvalue weighted by Gasteiger charge is 2.32. The number of nitrogens with one attached hydrogen (secondary N) is 1. The van der Waals surface area contributed by atoms with Crippen molar-refractivity contribution in [2.45, 2.75) is 31.7 Å². The molecule has 3 heteroatoms. The van der Waals surface area contributed by atoms with Crippen LogP contribution in [0.15, 0.2) is 11.8 Å². The lowest BCUT2D eigenvalue weighted by Crippen LogP contribution is -2.47. The molecule has 0 saturated carbocycles. The Morgan fingerprint density at radius 2 is 2.33 bits per heavy atom. The van der Waals surface area contributed by atoms with Gasteiger partial charge in [-0.2, -0.15) is 0 Å². The number of piperidine rings is 1. The molecular formula is C9H13NO2. The van der Waals surface area contributed by atoms with Gasteiger partial charge in [0.25, 0.3) is 0 Å². The summed E-state index contributed by atoms with van der Waals surface area (Å²) < 4.78 is 0. The van der Waals surface area contributed by atoms with E-state index in [-0.39, 0.29) is 11.9 Å². The van der Waals surface area contributed by atoms with Crippen molar-refractivity contribution in [1.29, 1.82) is 0 Å². The summed E-state index contributed by atoms with van der Waals surface area (Å²) in [6.45, 7) is 0. The van der Waals surface area contributed by atoms with Gasteiger partial charge < -0.3 is 10.4 Å². The van der Waals surface area contributed by atoms with Gasteiger partial charge in [-0.1, -0.05) is 0 Å². The van der Waals surface area contributed by atoms with Gasteiger partial charge >= 0.3 is 0 Å². The normalized spacial score (nSPS) is 35.0. The molecule has 1 amide bonds. The van der Waals surface area contributed by atoms with Crippen molar-refractivity contribution >= 4 is 5.91 Å². The zero-order valence-corrected chi connectivity index (χ0v) is 6.92. The van der Waals surface area contributed by atoms with Crippen LogP contribution in [-0.2, 0) is 4.79 Å². The highest BCUT2D eigenvalue weighted by Crippen LogP contribution is 2.29. The summed E-state index contributed by atoms with van der Waals surface area (Å²) in [6.07, 6.45) is 5.40. The molecule has 1 aliphatic heterocycles. The van der Waals surface area contributed by atoms with Gasteiger partial charge in [-0.25, -0.2) is 0 Å². The van der Waals surface area contributed by atoms with Crippen LogP contribution in [0.1, 0.15) is 25.7 Å². The van der Waals surface area contributed by atoms with Crippen LogP contribution < -0.4 is 5.32 Å². The maximum absolute atomic E-state index is 11.0. The zero-order valence-electron chi connectivity index (χ0n) is 6.92. The summed E-state index contributed by atoms with van der Waals surface area (Å²) in [5.41, 5.74) is 0. The SMILES string of the molecule is O=C1CCC2CCC=C(O)C2N1. The molecule has 1 heterocycles. The van der Waals surface area contributed by atoms with Crippen LogP contribution in [0.25, 0.3) is 0 Å². The molecule has 0 aromatic heterocycles. The maximum atomic E-state index is 11.0. The van der Waals surface area contributed by atoms with Crippen LogP contribution in [-0.4, -0.2) is 17.1 Å². The monoisotopic (exact) mass is 167 g/mol. The van der Waals surface area contributed by atoms with Gasteiger partial charge in [-0.05, 0) is 31.3 Å². The van der Waals surface area contributed by atoms with Crippen molar-refractivity contribution in [3.8, 4) is 0 Å². The number of carbonyl (C=O) groups excluding carboxylic acids is 1. The molecule has 1 aliphatic carbocycles. The molecule has 0 aromatic rings. The average molecular weight is 167 g/mol. The Balaban J connectivity index is 2.15. The van der Waals surface area contributed by atoms with Gasteiger partial charge in [0.2, 0.25) is 5.91 Å². The number of aliphatic hydroxyl groups excluding tert-OH is 1. The van der Waals surface area contributed by atoms with Gasteiger partial charge in [-0.3, -0.25) is 4.79 Å². The number of allylic oxidation sites excluding steroid dienone is 1. The van der Waals surface area contributed by atoms with E-state index in [1.165, 1.54) is 0 Å². The lowest BCUT2D eigenvalue weighted by molar-refractivity contribution is -0.124. The topological polar surface area (TPSA) is 49.3 Å². The minimum Gasteiger partial charge on any atom is -0.510 e. The summed E-state index contributed by atoms with van der Waals surface area (Å²) >= 11 is 0. The van der Waals surface area contributed by atoms with Gasteiger partial charge in [0.05, 0.1) is 6.04 Å². The van der Waals surface area contributed by atoms with Crippen LogP contribution in [0.3, 0.4) is 0 Å². The molecule has 2 aliphatic rings. The second-order valence-electron chi connectivity index (χ2n) is 3.55. The fourth-order valence-electron chi connectivity index (χ4n) is 2.05. The molecule has 1 saturated heterocycles. The molecule has 2 rings (SSSR count). The van der Waals surface area contributed by atoms with Crippen molar-refractivity contribution in [3.63, 3.8) is 0 Å². The molecule has 3 nitrogen and oxygen atoms in total. The fraction of sp³-hybridized carbons (Fsp3) is 0.667. The van der Waals surface area contributed by atoms with Crippen molar-refractivity contribution in [2.24, 2.45) is 5.92 Å². The number of amides is 1. The molecule has 0 radical (unpaired) electrons. The smallest absolute Gasteiger partial charge is 0.220 e. The molecule has 0 spiro atoms. The Labute approximate surface area is 71.5 Å². The van der Waals surface area contributed by atoms with E-state index in [1.807, 2.05) is 6.08 Å². The van der Waals surface area contributed by atoms with Crippen LogP contribution in [0, 0.1) is 5.92 Å². The van der Waals surface area contributed by atoms with E-state index in [0.29, 0.717) is 18.1 Å². The predicted octanol–water partition coefficient (Wildman–Crippen LogP) is 1.12. The van der Waals surface area contributed by atoms with E-state index in [2.05, 4.69) is 5.32 Å². The van der Waals surface area contributed by atoms with E-state index in [1.54, 1.807) is 0 Å². The van der Waals surface area contributed by atoms with E-state index in [9.17, 15) is 9.90 Å². The number of rotatable bonds is 0. The van der Waals surface area contributed by atoms with Crippen molar-refractivity contribution in [1.82, 2.24) is 5.32 Å². The molecule has 66 valence electrons. The van der Waals surface area contributed by atoms with Crippen molar-refractivity contribution in [3.05, 3.63) is 11.8 Å². The number of fused-ring (bicyclic) bond motifs is 1. The first-order valence-corrected chi connectivity index (χ1v) is 4.46. The number of hydrogen-bond donors (Lipinski definition) is 2. The second kappa shape index (κ2) is 2.81. The number of carbonyl (C=O) groups is 1. The first-order chi connectivity index (χ1) is 5.77. The average Bonchev–Trinajstić information content (AvgIpc) is 2.07. The Hall–Kier alpha value is -0.990. The lowest BCUT2D eigenvalue weighted by Gasteiger charge is -2.34. The Morgan fingerprint density at radius 3 is 3.17 bits per heavy atom. The summed E-state index contributed by atoms with van der Waals surface area (Å²) in [6, 6.07) is -0.0833. The molecule has 1 fully saturated rings. The maximum Gasteiger partial charge on any atom is 0.220 e. The second-order valence-corrected chi connectivity index (χ2v) is 3.55. The molecule has 2 atom stereocenters. The van der Waals surface area contributed by atoms with Crippen LogP contribution in [0.4, 0.5) is 0 Å². The first kappa shape index (κ1) is 7.65. The van der Waals surface area contributed by atoms with E-state index in [4.69, 9.17) is 0 Å². The molecular weight excluding hydrogens is 154 g/mol. The molecule has 12 heavy (non-hydrogen) atoms. The number of aliphatic hydroxyl groups is 1. The van der Waals surface area contributed by atoms with Crippen molar-refractivity contribution in [2.75, 3.05) is 0 Å². The van der Waals surface area contributed by atoms with Gasteiger partial charge in [-0.15, -0.1) is 0 Å². The van der Waals surface area contributed by atoms with E-state index in [0.717, 1.165) is 19.3 Å². The molecule has 0 bridgehead atoms. The Bertz CT molecular complexity index is 235. The summed E-state index contributed by atoms with van der Waals surface area (Å²) in [4.78, 5) is 11.0. The number of hydrogen-bond acceptors (Lipinski definition) is 2. The van der Waals surface area contributed by atoms with E-state index < -0.39 is 0 Å². The van der Waals surface area contributed by atoms with Crippen LogP contribution >= 0.6 is 0 Å². The van der Waals surface area contributed by atoms with Crippen molar-refractivity contribution < 1.29 is 9.90 Å². The summed E-state index contributed by atoms with van der Waals surface area (Å²) in [5.74, 6) is 0.894. The third kappa shape index (κ3) is 1.19. The highest BCUT2D eigenvalue weighted by molar-refractivity contribution is 5.77. The minimum absolute atomic E-state index is 0.0677. The fourth-order valence-corrected chi connectivity index (χ4v) is 2.05. The summed E-state index contributed by atoms with van der Waals surface area (Å²) in [5, 5.41) is 12.3. The summed E-state index contributed by atoms with van der Waals surface area (Å²) in [7, 11) is 0. The quantitative estimate of drug-likeness (QED) is 0.568. The lowest BCUT2D eigenvalue weighted by atomic mass is 9.82. The Kier molecular flexibility index (Phi) is 1.79. The van der Waals surface area contributed by atoms with Gasteiger partial charge in [0.1, 0.15) is 5.76 Å². The molecule has 2 N–H and O–H groups in total. The van der Waals surface area contributed by atoms with Gasteiger partial charge in [0.15, 0.2) is 0 Å². The molecule has 2 unspecified atom stereocenters. The standard InChI is InChI=1S/C9H13NO2/c11-7-3-1-2-6-4-5-8(12)10-9(6)7/h3,6,9,11H,1-2,4-5H2,(H,10,12). The predicted molar refractivity (Wildman–Crippen MR) is 44.6 cm³/mol. The van der Waals surface area contributed by atoms with Crippen LogP contribution in [0.5, 0.6) is 0 Å². The zero-order chi connectivity index (χ0) is 8.55. The van der Waals surface area contributed by atoms with Gasteiger partial charge in [0, 0.05) is 6.42 Å². The van der Waals surface area contributed by atoms with E-state index >= 15 is 0 Å². The minimum atomic E-state index is -0.0833. The third-order valence-corrected chi connectivity index (χ3v) is 2.74. The highest BCUT2D eigenvalue weighted by atomic mass is 16.3. The largest absolute Gasteiger partial charge is 0.510 e. The molecule has 0 aromatic carbocycles. The van der Waals surface area contributed by atoms with Crippen LogP contribution in [0.2, 0.25) is 0 Å². The first-order valence-electron chi connectivity index (χ1n) is 4.46. The third-order valence-electron chi connectivity index (χ3n) is 2.74.